The molecule has 0 aliphatic carbocycles. The zero-order valence-electron chi connectivity index (χ0n) is 15.0. The molecule has 0 aliphatic heterocycles. The Bertz CT molecular complexity index is 673. The molecule has 2 N–H and O–H groups in total. The molecule has 0 aliphatic rings. The summed E-state index contributed by atoms with van der Waals surface area (Å²) in [5.41, 5.74) is 2.15. The van der Waals surface area contributed by atoms with Gasteiger partial charge >= 0.3 is 0 Å². The van der Waals surface area contributed by atoms with Gasteiger partial charge in [-0.1, -0.05) is 37.4 Å². The highest BCUT2D eigenvalue weighted by Crippen LogP contribution is 2.29. The summed E-state index contributed by atoms with van der Waals surface area (Å²) in [5, 5.41) is 19.9. The molecule has 0 saturated heterocycles. The number of phenolic OH excluding ortho intramolecular Hbond substituents is 2. The quantitative estimate of drug-likeness (QED) is 0.450. The highest BCUT2D eigenvalue weighted by Gasteiger charge is 2.05. The van der Waals surface area contributed by atoms with Crippen LogP contribution >= 0.6 is 0 Å². The maximum atomic E-state index is 9.97. The number of benzene rings is 2. The van der Waals surface area contributed by atoms with Crippen LogP contribution in [0.3, 0.4) is 0 Å². The maximum Gasteiger partial charge on any atom is 0.161 e. The Morgan fingerprint density at radius 3 is 1.50 bits per heavy atom. The number of phenols is 2. The molecule has 2 rings (SSSR count). The number of ether oxygens (including phenoxy) is 2. The summed E-state index contributed by atoms with van der Waals surface area (Å²) >= 11 is 0. The fourth-order valence-electron chi connectivity index (χ4n) is 2.64. The molecule has 0 fully saturated rings. The summed E-state index contributed by atoms with van der Waals surface area (Å²) in [6.07, 6.45) is 7.01. The number of aromatic hydroxyl groups is 2. The van der Waals surface area contributed by atoms with E-state index in [-0.39, 0.29) is 11.5 Å². The molecule has 0 heterocycles. The number of unbranched alkanes of at least 4 members (excludes halogenated alkanes) is 1. The van der Waals surface area contributed by atoms with Crippen molar-refractivity contribution in [3.8, 4) is 23.0 Å². The molecule has 138 valence electrons. The molecule has 0 saturated carbocycles. The molecule has 4 nitrogen and oxygen atoms in total. The van der Waals surface area contributed by atoms with Gasteiger partial charge < -0.3 is 19.7 Å². The molecule has 26 heavy (non-hydrogen) atoms. The molecule has 0 bridgehead atoms. The van der Waals surface area contributed by atoms with Gasteiger partial charge in [-0.05, 0) is 61.1 Å². The summed E-state index contributed by atoms with van der Waals surface area (Å²) in [4.78, 5) is 0. The van der Waals surface area contributed by atoms with E-state index in [0.717, 1.165) is 36.8 Å². The molecule has 0 radical (unpaired) electrons. The minimum absolute atomic E-state index is 0.157. The molecular formula is C22H26O4. The molecule has 0 amide bonds. The van der Waals surface area contributed by atoms with Crippen molar-refractivity contribution in [2.45, 2.75) is 25.7 Å². The number of hydrogen-bond donors (Lipinski definition) is 2. The molecule has 0 aromatic heterocycles. The first-order valence-electron chi connectivity index (χ1n) is 8.75. The Kier molecular flexibility index (Phi) is 7.62. The van der Waals surface area contributed by atoms with Gasteiger partial charge in [-0.15, -0.1) is 0 Å². The molecular weight excluding hydrogens is 328 g/mol. The third kappa shape index (κ3) is 5.88. The highest BCUT2D eigenvalue weighted by molar-refractivity contribution is 5.42. The molecule has 0 atom stereocenters. The van der Waals surface area contributed by atoms with E-state index in [1.807, 2.05) is 12.1 Å². The smallest absolute Gasteiger partial charge is 0.161 e. The van der Waals surface area contributed by atoms with Gasteiger partial charge in [-0.2, -0.15) is 0 Å². The zero-order chi connectivity index (χ0) is 18.8. The van der Waals surface area contributed by atoms with Gasteiger partial charge in [0.1, 0.15) is 13.2 Å². The van der Waals surface area contributed by atoms with Crippen molar-refractivity contribution in [1.29, 1.82) is 0 Å². The van der Waals surface area contributed by atoms with Crippen molar-refractivity contribution in [2.75, 3.05) is 13.2 Å². The third-order valence-corrected chi connectivity index (χ3v) is 3.94. The van der Waals surface area contributed by atoms with Crippen LogP contribution < -0.4 is 9.47 Å². The largest absolute Gasteiger partial charge is 0.504 e. The molecule has 4 heteroatoms. The lowest BCUT2D eigenvalue weighted by Gasteiger charge is -2.09. The van der Waals surface area contributed by atoms with Crippen molar-refractivity contribution in [3.63, 3.8) is 0 Å². The Labute approximate surface area is 155 Å². The first kappa shape index (κ1) is 19.4. The van der Waals surface area contributed by atoms with Gasteiger partial charge in [-0.3, -0.25) is 0 Å². The minimum atomic E-state index is 0.157. The van der Waals surface area contributed by atoms with Gasteiger partial charge in [0.05, 0.1) is 0 Å². The van der Waals surface area contributed by atoms with Gasteiger partial charge in [0, 0.05) is 0 Å². The van der Waals surface area contributed by atoms with Crippen molar-refractivity contribution < 1.29 is 19.7 Å². The maximum absolute atomic E-state index is 9.97. The van der Waals surface area contributed by atoms with Crippen LogP contribution in [0.5, 0.6) is 23.0 Å². The van der Waals surface area contributed by atoms with E-state index >= 15 is 0 Å². The van der Waals surface area contributed by atoms with Crippen LogP contribution in [-0.2, 0) is 12.8 Å². The van der Waals surface area contributed by atoms with Gasteiger partial charge in [-0.25, -0.2) is 0 Å². The van der Waals surface area contributed by atoms with E-state index in [0.29, 0.717) is 24.7 Å². The first-order chi connectivity index (χ1) is 12.6. The predicted molar refractivity (Wildman–Crippen MR) is 104 cm³/mol. The molecule has 0 spiro atoms. The van der Waals surface area contributed by atoms with E-state index < -0.39 is 0 Å². The minimum Gasteiger partial charge on any atom is -0.504 e. The second kappa shape index (κ2) is 10.2. The van der Waals surface area contributed by atoms with Crippen LogP contribution in [0.2, 0.25) is 0 Å². The summed E-state index contributed by atoms with van der Waals surface area (Å²) in [6.45, 7) is 7.92. The lowest BCUT2D eigenvalue weighted by molar-refractivity contribution is 0.336. The van der Waals surface area contributed by atoms with Crippen LogP contribution in [0, 0.1) is 0 Å². The Balaban J connectivity index is 1.79. The predicted octanol–water partition coefficient (Wildman–Crippen LogP) is 4.79. The number of hydrogen-bond acceptors (Lipinski definition) is 4. The van der Waals surface area contributed by atoms with Crippen LogP contribution in [-0.4, -0.2) is 23.4 Å². The monoisotopic (exact) mass is 354 g/mol. The van der Waals surface area contributed by atoms with Crippen LogP contribution in [0.15, 0.2) is 61.7 Å². The Hall–Kier alpha value is -2.88. The highest BCUT2D eigenvalue weighted by atomic mass is 16.5. The van der Waals surface area contributed by atoms with Crippen molar-refractivity contribution in [2.24, 2.45) is 0 Å². The second-order valence-electron chi connectivity index (χ2n) is 6.01. The Morgan fingerprint density at radius 1 is 0.731 bits per heavy atom. The molecule has 0 unspecified atom stereocenters. The summed E-state index contributed by atoms with van der Waals surface area (Å²) in [5.74, 6) is 1.26. The van der Waals surface area contributed by atoms with Crippen LogP contribution in [0.1, 0.15) is 24.0 Å². The lowest BCUT2D eigenvalue weighted by Crippen LogP contribution is -1.95. The average Bonchev–Trinajstić information content (AvgIpc) is 2.64. The standard InChI is InChI=1S/C22H26O4/c1-3-13-25-21-11-9-17(15-19(21)23)7-5-6-8-18-10-12-22(20(24)16-18)26-14-4-2/h3-4,9-12,15-16,23-24H,1-2,5-8,13-14H2. The van der Waals surface area contributed by atoms with Gasteiger partial charge in [0.2, 0.25) is 0 Å². The van der Waals surface area contributed by atoms with Gasteiger partial charge in [0.15, 0.2) is 23.0 Å². The fourth-order valence-corrected chi connectivity index (χ4v) is 2.64. The van der Waals surface area contributed by atoms with Crippen molar-refractivity contribution in [1.82, 2.24) is 0 Å². The number of rotatable bonds is 11. The summed E-state index contributed by atoms with van der Waals surface area (Å²) in [6, 6.07) is 11.0. The van der Waals surface area contributed by atoms with E-state index in [1.54, 1.807) is 36.4 Å². The SMILES string of the molecule is C=CCOc1ccc(CCCCc2ccc(OCC=C)c(O)c2)cc1O. The fraction of sp³-hybridized carbons (Fsp3) is 0.273. The normalized spacial score (nSPS) is 10.3. The van der Waals surface area contributed by atoms with E-state index in [9.17, 15) is 10.2 Å². The van der Waals surface area contributed by atoms with Crippen LogP contribution in [0.25, 0.3) is 0 Å². The average molecular weight is 354 g/mol. The lowest BCUT2D eigenvalue weighted by atomic mass is 10.0. The summed E-state index contributed by atoms with van der Waals surface area (Å²) < 4.78 is 10.7. The topological polar surface area (TPSA) is 58.9 Å². The van der Waals surface area contributed by atoms with Crippen LogP contribution in [0.4, 0.5) is 0 Å². The van der Waals surface area contributed by atoms with E-state index in [4.69, 9.17) is 9.47 Å². The van der Waals surface area contributed by atoms with E-state index in [2.05, 4.69) is 13.2 Å². The second-order valence-corrected chi connectivity index (χ2v) is 6.01. The van der Waals surface area contributed by atoms with E-state index in [1.165, 1.54) is 0 Å². The Morgan fingerprint density at radius 2 is 1.15 bits per heavy atom. The van der Waals surface area contributed by atoms with Gasteiger partial charge in [0.25, 0.3) is 0 Å². The van der Waals surface area contributed by atoms with Crippen molar-refractivity contribution >= 4 is 0 Å². The zero-order valence-corrected chi connectivity index (χ0v) is 15.0. The summed E-state index contributed by atoms with van der Waals surface area (Å²) in [7, 11) is 0. The first-order valence-corrected chi connectivity index (χ1v) is 8.75. The molecule has 2 aromatic rings. The third-order valence-electron chi connectivity index (χ3n) is 3.94. The number of aryl methyl sites for hydroxylation is 2. The molecule has 2 aromatic carbocycles. The van der Waals surface area contributed by atoms with Crippen molar-refractivity contribution in [3.05, 3.63) is 72.8 Å².